The van der Waals surface area contributed by atoms with Crippen LogP contribution in [0.1, 0.15) is 23.8 Å². The highest BCUT2D eigenvalue weighted by Gasteiger charge is 2.23. The predicted molar refractivity (Wildman–Crippen MR) is 93.5 cm³/mol. The summed E-state index contributed by atoms with van der Waals surface area (Å²) >= 11 is 0. The van der Waals surface area contributed by atoms with Crippen LogP contribution in [0.5, 0.6) is 5.75 Å². The highest BCUT2D eigenvalue weighted by Crippen LogP contribution is 2.32. The Morgan fingerprint density at radius 1 is 1.15 bits per heavy atom. The van der Waals surface area contributed by atoms with Crippen LogP contribution in [0.25, 0.3) is 6.08 Å². The fourth-order valence-corrected chi connectivity index (χ4v) is 2.46. The molecule has 1 saturated heterocycles. The Kier molecular flexibility index (Phi) is 5.73. The molecule has 0 radical (unpaired) electrons. The van der Waals surface area contributed by atoms with Crippen LogP contribution in [0.4, 0.5) is 5.69 Å². The molecular formula is C19H17NO6. The first-order valence-corrected chi connectivity index (χ1v) is 8.10. The number of esters is 1. The third kappa shape index (κ3) is 4.53. The van der Waals surface area contributed by atoms with Gasteiger partial charge in [-0.15, -0.1) is 0 Å². The Bertz CT molecular complexity index is 812. The molecule has 0 N–H and O–H groups in total. The van der Waals surface area contributed by atoms with Crippen molar-refractivity contribution in [3.63, 3.8) is 0 Å². The van der Waals surface area contributed by atoms with E-state index in [0.717, 1.165) is 12.0 Å². The molecule has 7 heteroatoms. The van der Waals surface area contributed by atoms with E-state index in [-0.39, 0.29) is 11.4 Å². The van der Waals surface area contributed by atoms with Gasteiger partial charge >= 0.3 is 11.7 Å². The van der Waals surface area contributed by atoms with Gasteiger partial charge in [0.15, 0.2) is 6.29 Å². The average Bonchev–Trinajstić information content (AvgIpc) is 2.68. The number of hydrogen-bond acceptors (Lipinski definition) is 6. The first-order chi connectivity index (χ1) is 12.6. The smallest absolute Gasteiger partial charge is 0.336 e. The molecule has 0 unspecified atom stereocenters. The quantitative estimate of drug-likeness (QED) is 0.267. The normalized spacial score (nSPS) is 15.1. The molecule has 0 bridgehead atoms. The summed E-state index contributed by atoms with van der Waals surface area (Å²) < 4.78 is 16.0. The minimum atomic E-state index is -0.699. The number of carbonyl (C=O) groups excluding carboxylic acids is 1. The molecule has 134 valence electrons. The van der Waals surface area contributed by atoms with E-state index in [1.54, 1.807) is 12.1 Å². The summed E-state index contributed by atoms with van der Waals surface area (Å²) in [6, 6.07) is 13.5. The second kappa shape index (κ2) is 8.37. The molecule has 0 aliphatic carbocycles. The van der Waals surface area contributed by atoms with Crippen LogP contribution in [0, 0.1) is 10.1 Å². The van der Waals surface area contributed by atoms with Crippen molar-refractivity contribution in [2.75, 3.05) is 13.2 Å². The monoisotopic (exact) mass is 355 g/mol. The van der Waals surface area contributed by atoms with Gasteiger partial charge in [-0.25, -0.2) is 4.79 Å². The highest BCUT2D eigenvalue weighted by molar-refractivity contribution is 5.89. The topological polar surface area (TPSA) is 87.9 Å². The third-order valence-electron chi connectivity index (χ3n) is 3.70. The highest BCUT2D eigenvalue weighted by atomic mass is 16.7. The average molecular weight is 355 g/mol. The Hall–Kier alpha value is -3.03. The molecule has 0 amide bonds. The Morgan fingerprint density at radius 2 is 1.88 bits per heavy atom. The Labute approximate surface area is 150 Å². The molecule has 0 saturated carbocycles. The van der Waals surface area contributed by atoms with Gasteiger partial charge in [-0.2, -0.15) is 0 Å². The zero-order valence-electron chi connectivity index (χ0n) is 13.9. The molecule has 1 aliphatic rings. The van der Waals surface area contributed by atoms with Crippen molar-refractivity contribution < 1.29 is 23.9 Å². The molecule has 1 aliphatic heterocycles. The molecule has 0 spiro atoms. The van der Waals surface area contributed by atoms with Gasteiger partial charge in [-0.3, -0.25) is 10.1 Å². The number of ether oxygens (including phenoxy) is 3. The van der Waals surface area contributed by atoms with Crippen LogP contribution in [-0.2, 0) is 14.3 Å². The minimum absolute atomic E-state index is 0.128. The lowest BCUT2D eigenvalue weighted by Gasteiger charge is -2.23. The van der Waals surface area contributed by atoms with Gasteiger partial charge in [0.25, 0.3) is 0 Å². The molecule has 2 aromatic carbocycles. The fraction of sp³-hybridized carbons (Fsp3) is 0.211. The van der Waals surface area contributed by atoms with E-state index in [0.29, 0.717) is 18.8 Å². The van der Waals surface area contributed by atoms with E-state index in [4.69, 9.17) is 14.2 Å². The van der Waals surface area contributed by atoms with E-state index in [1.165, 1.54) is 18.2 Å². The van der Waals surface area contributed by atoms with Gasteiger partial charge in [-0.05, 0) is 30.2 Å². The molecule has 26 heavy (non-hydrogen) atoms. The maximum Gasteiger partial charge on any atom is 0.336 e. The summed E-state index contributed by atoms with van der Waals surface area (Å²) in [4.78, 5) is 22.7. The number of nitrogens with zero attached hydrogens (tertiary/aromatic N) is 1. The van der Waals surface area contributed by atoms with Crippen LogP contribution in [0.3, 0.4) is 0 Å². The van der Waals surface area contributed by atoms with Gasteiger partial charge in [0, 0.05) is 17.7 Å². The zero-order chi connectivity index (χ0) is 18.4. The number of carbonyl (C=O) groups is 1. The van der Waals surface area contributed by atoms with Gasteiger partial charge in [-0.1, -0.05) is 30.3 Å². The Balaban J connectivity index is 1.75. The summed E-state index contributed by atoms with van der Waals surface area (Å²) in [5.41, 5.74) is 1.01. The van der Waals surface area contributed by atoms with Crippen molar-refractivity contribution in [2.24, 2.45) is 0 Å². The second-order valence-electron chi connectivity index (χ2n) is 5.58. The van der Waals surface area contributed by atoms with Crippen LogP contribution >= 0.6 is 0 Å². The summed E-state index contributed by atoms with van der Waals surface area (Å²) in [5, 5.41) is 11.3. The summed E-state index contributed by atoms with van der Waals surface area (Å²) in [6.07, 6.45) is 2.93. The summed E-state index contributed by atoms with van der Waals surface area (Å²) in [7, 11) is 0. The molecule has 0 aromatic heterocycles. The first-order valence-electron chi connectivity index (χ1n) is 8.10. The maximum absolute atomic E-state index is 12.0. The first kappa shape index (κ1) is 17.8. The zero-order valence-corrected chi connectivity index (χ0v) is 13.9. The summed E-state index contributed by atoms with van der Waals surface area (Å²) in [6.45, 7) is 1.05. The lowest BCUT2D eigenvalue weighted by molar-refractivity contribution is -0.385. The van der Waals surface area contributed by atoms with E-state index >= 15 is 0 Å². The van der Waals surface area contributed by atoms with Gasteiger partial charge in [0.05, 0.1) is 18.1 Å². The van der Waals surface area contributed by atoms with Gasteiger partial charge < -0.3 is 14.2 Å². The number of benzene rings is 2. The Morgan fingerprint density at radius 3 is 2.58 bits per heavy atom. The number of nitro benzene ring substituents is 1. The molecule has 1 heterocycles. The van der Waals surface area contributed by atoms with Crippen LogP contribution in [0.2, 0.25) is 0 Å². The molecular weight excluding hydrogens is 338 g/mol. The van der Waals surface area contributed by atoms with E-state index in [1.807, 2.05) is 30.3 Å². The van der Waals surface area contributed by atoms with Crippen molar-refractivity contribution >= 4 is 17.7 Å². The lowest BCUT2D eigenvalue weighted by Crippen LogP contribution is -2.18. The van der Waals surface area contributed by atoms with Crippen LogP contribution in [-0.4, -0.2) is 24.1 Å². The number of rotatable bonds is 5. The van der Waals surface area contributed by atoms with Crippen molar-refractivity contribution in [3.05, 3.63) is 75.8 Å². The van der Waals surface area contributed by atoms with Crippen molar-refractivity contribution in [3.8, 4) is 5.75 Å². The van der Waals surface area contributed by atoms with Gasteiger partial charge in [0.2, 0.25) is 5.75 Å². The van der Waals surface area contributed by atoms with E-state index in [9.17, 15) is 14.9 Å². The number of hydrogen-bond donors (Lipinski definition) is 0. The van der Waals surface area contributed by atoms with Crippen molar-refractivity contribution in [1.29, 1.82) is 0 Å². The minimum Gasteiger partial charge on any atom is -0.416 e. The molecule has 3 rings (SSSR count). The summed E-state index contributed by atoms with van der Waals surface area (Å²) in [5.74, 6) is -0.827. The second-order valence-corrected chi connectivity index (χ2v) is 5.58. The largest absolute Gasteiger partial charge is 0.416 e. The predicted octanol–water partition coefficient (Wildman–Crippen LogP) is 3.65. The standard InChI is InChI=1S/C19H17NO6/c21-18(10-7-14-5-2-1-3-6-14)26-17-9-8-15(13-16(17)20(22)23)19-24-11-4-12-25-19/h1-3,5-10,13,19H,4,11-12H2/b10-7+. The van der Waals surface area contributed by atoms with Crippen LogP contribution in [0.15, 0.2) is 54.6 Å². The maximum atomic E-state index is 12.0. The molecule has 7 nitrogen and oxygen atoms in total. The van der Waals surface area contributed by atoms with Crippen LogP contribution < -0.4 is 4.74 Å². The SMILES string of the molecule is O=C(/C=C/c1ccccc1)Oc1ccc(C2OCCCO2)cc1[N+](=O)[O-]. The van der Waals surface area contributed by atoms with Crippen molar-refractivity contribution in [2.45, 2.75) is 12.7 Å². The lowest BCUT2D eigenvalue weighted by atomic mass is 10.1. The third-order valence-corrected chi connectivity index (χ3v) is 3.70. The van der Waals surface area contributed by atoms with Gasteiger partial charge in [0.1, 0.15) is 0 Å². The molecule has 2 aromatic rings. The van der Waals surface area contributed by atoms with E-state index < -0.39 is 17.2 Å². The molecule has 0 atom stereocenters. The fourth-order valence-electron chi connectivity index (χ4n) is 2.46. The molecule has 1 fully saturated rings. The number of nitro groups is 1. The van der Waals surface area contributed by atoms with Crippen molar-refractivity contribution in [1.82, 2.24) is 0 Å². The van der Waals surface area contributed by atoms with E-state index in [2.05, 4.69) is 0 Å².